The molecule has 0 aromatic heterocycles. The minimum absolute atomic E-state index is 0. The maximum atomic E-state index is 4.15. The van der Waals surface area contributed by atoms with Crippen LogP contribution < -0.4 is 0 Å². The molecule has 1 rings (SSSR count). The van der Waals surface area contributed by atoms with E-state index in [1.807, 2.05) is 18.2 Å². The molecule has 0 unspecified atom stereocenters. The van der Waals surface area contributed by atoms with Crippen LogP contribution in [0.25, 0.3) is 0 Å². The van der Waals surface area contributed by atoms with E-state index in [1.165, 1.54) is 5.56 Å². The second kappa shape index (κ2) is 4.08. The Labute approximate surface area is 73.8 Å². The van der Waals surface area contributed by atoms with Gasteiger partial charge in [0.15, 0.2) is 0 Å². The van der Waals surface area contributed by atoms with Crippen LogP contribution in [0, 0.1) is 6.92 Å². The number of thiol groups is 1. The van der Waals surface area contributed by atoms with Gasteiger partial charge in [0.25, 0.3) is 0 Å². The van der Waals surface area contributed by atoms with Crippen LogP contribution in [-0.2, 0) is 19.5 Å². The van der Waals surface area contributed by atoms with Crippen molar-refractivity contribution in [2.24, 2.45) is 0 Å². The van der Waals surface area contributed by atoms with Crippen LogP contribution in [0.4, 0.5) is 0 Å². The van der Waals surface area contributed by atoms with Crippen LogP contribution in [0.15, 0.2) is 29.2 Å². The fraction of sp³-hybridized carbons (Fsp3) is 0.143. The molecule has 0 saturated carbocycles. The summed E-state index contributed by atoms with van der Waals surface area (Å²) in [5, 5.41) is 0. The Kier molecular flexibility index (Phi) is 4.17. The first kappa shape index (κ1) is 9.19. The van der Waals surface area contributed by atoms with Gasteiger partial charge in [-0.2, -0.15) is 0 Å². The van der Waals surface area contributed by atoms with Gasteiger partial charge >= 0.3 is 0 Å². The molecule has 0 aliphatic rings. The zero-order valence-corrected chi connectivity index (χ0v) is 9.33. The van der Waals surface area contributed by atoms with Gasteiger partial charge in [0.05, 0.1) is 0 Å². The van der Waals surface area contributed by atoms with Gasteiger partial charge in [0.1, 0.15) is 0 Å². The third-order valence-corrected chi connectivity index (χ3v) is 1.28. The van der Waals surface area contributed by atoms with Crippen molar-refractivity contribution in [2.45, 2.75) is 11.8 Å². The maximum Gasteiger partial charge on any atom is 0.00426 e. The monoisotopic (exact) mass is 188 g/mol. The third kappa shape index (κ3) is 3.02. The molecule has 0 radical (unpaired) electrons. The molecule has 1 aromatic carbocycles. The van der Waals surface area contributed by atoms with Crippen LogP contribution in [-0.4, -0.2) is 0 Å². The summed E-state index contributed by atoms with van der Waals surface area (Å²) in [4.78, 5) is 1.03. The van der Waals surface area contributed by atoms with Gasteiger partial charge in [-0.15, -0.1) is 12.6 Å². The van der Waals surface area contributed by atoms with Crippen LogP contribution in [0.3, 0.4) is 0 Å². The van der Waals surface area contributed by atoms with Crippen molar-refractivity contribution in [2.75, 3.05) is 0 Å². The van der Waals surface area contributed by atoms with Gasteiger partial charge in [0, 0.05) is 24.4 Å². The van der Waals surface area contributed by atoms with E-state index in [-0.39, 0.29) is 19.5 Å². The molecule has 0 aliphatic carbocycles. The van der Waals surface area contributed by atoms with Crippen molar-refractivity contribution in [3.8, 4) is 0 Å². The Morgan fingerprint density at radius 1 is 1.33 bits per heavy atom. The summed E-state index contributed by atoms with van der Waals surface area (Å²) in [6.07, 6.45) is 0. The van der Waals surface area contributed by atoms with E-state index in [2.05, 4.69) is 25.6 Å². The first-order valence-electron chi connectivity index (χ1n) is 2.54. The van der Waals surface area contributed by atoms with E-state index in [0.29, 0.717) is 0 Å². The summed E-state index contributed by atoms with van der Waals surface area (Å²) >= 11 is 4.15. The molecule has 0 aliphatic heterocycles. The molecule has 0 atom stereocenters. The summed E-state index contributed by atoms with van der Waals surface area (Å²) in [6.45, 7) is 2.06. The van der Waals surface area contributed by atoms with Gasteiger partial charge in [-0.1, -0.05) is 17.7 Å². The molecule has 0 nitrogen and oxygen atoms in total. The van der Waals surface area contributed by atoms with Crippen LogP contribution in [0.5, 0.6) is 0 Å². The van der Waals surface area contributed by atoms with E-state index < -0.39 is 0 Å². The SMILES string of the molecule is Cc1cccc(S)c1.[Zn]. The minimum atomic E-state index is 0. The van der Waals surface area contributed by atoms with E-state index in [0.717, 1.165) is 4.90 Å². The average molecular weight is 190 g/mol. The molecule has 9 heavy (non-hydrogen) atoms. The van der Waals surface area contributed by atoms with E-state index in [9.17, 15) is 0 Å². The summed E-state index contributed by atoms with van der Waals surface area (Å²) in [5.74, 6) is 0. The largest absolute Gasteiger partial charge is 0.143 e. The molecule has 44 valence electrons. The van der Waals surface area contributed by atoms with E-state index >= 15 is 0 Å². The van der Waals surface area contributed by atoms with Crippen molar-refractivity contribution in [1.82, 2.24) is 0 Å². The number of rotatable bonds is 0. The quantitative estimate of drug-likeness (QED) is 0.470. The molecule has 0 spiro atoms. The standard InChI is InChI=1S/C7H8S.Zn/c1-6-3-2-4-7(8)5-6;/h2-5,8H,1H3;. The van der Waals surface area contributed by atoms with Crippen LogP contribution in [0.2, 0.25) is 0 Å². The van der Waals surface area contributed by atoms with Crippen molar-refractivity contribution >= 4 is 12.6 Å². The molecular weight excluding hydrogens is 182 g/mol. The van der Waals surface area contributed by atoms with E-state index in [4.69, 9.17) is 0 Å². The predicted molar refractivity (Wildman–Crippen MR) is 38.4 cm³/mol. The molecule has 0 bridgehead atoms. The van der Waals surface area contributed by atoms with Crippen molar-refractivity contribution < 1.29 is 19.5 Å². The summed E-state index contributed by atoms with van der Waals surface area (Å²) in [6, 6.07) is 8.05. The van der Waals surface area contributed by atoms with Gasteiger partial charge < -0.3 is 0 Å². The molecule has 0 fully saturated rings. The predicted octanol–water partition coefficient (Wildman–Crippen LogP) is 2.28. The topological polar surface area (TPSA) is 0 Å². The molecule has 0 heterocycles. The normalized spacial score (nSPS) is 8.22. The van der Waals surface area contributed by atoms with Gasteiger partial charge in [-0.3, -0.25) is 0 Å². The van der Waals surface area contributed by atoms with Gasteiger partial charge in [-0.25, -0.2) is 0 Å². The fourth-order valence-corrected chi connectivity index (χ4v) is 0.918. The van der Waals surface area contributed by atoms with Gasteiger partial charge in [-0.05, 0) is 19.1 Å². The average Bonchev–Trinajstić information content (AvgIpc) is 1.64. The second-order valence-corrected chi connectivity index (χ2v) is 2.36. The first-order valence-corrected chi connectivity index (χ1v) is 2.99. The number of hydrogen-bond acceptors (Lipinski definition) is 1. The molecule has 0 amide bonds. The molecule has 0 N–H and O–H groups in total. The number of hydrogen-bond donors (Lipinski definition) is 1. The maximum absolute atomic E-state index is 4.15. The van der Waals surface area contributed by atoms with Gasteiger partial charge in [0.2, 0.25) is 0 Å². The Bertz CT molecular complexity index is 169. The van der Waals surface area contributed by atoms with E-state index in [1.54, 1.807) is 0 Å². The number of benzene rings is 1. The fourth-order valence-electron chi connectivity index (χ4n) is 0.628. The Morgan fingerprint density at radius 3 is 2.33 bits per heavy atom. The molecule has 2 heteroatoms. The third-order valence-electron chi connectivity index (χ3n) is 1.00. The molecule has 1 aromatic rings. The van der Waals surface area contributed by atoms with Crippen LogP contribution in [0.1, 0.15) is 5.56 Å². The zero-order valence-electron chi connectivity index (χ0n) is 5.46. The minimum Gasteiger partial charge on any atom is -0.143 e. The van der Waals surface area contributed by atoms with Crippen molar-refractivity contribution in [1.29, 1.82) is 0 Å². The van der Waals surface area contributed by atoms with Crippen molar-refractivity contribution in [3.05, 3.63) is 29.8 Å². The number of aryl methyl sites for hydroxylation is 1. The first-order chi connectivity index (χ1) is 3.79. The van der Waals surface area contributed by atoms with Crippen molar-refractivity contribution in [3.63, 3.8) is 0 Å². The smallest absolute Gasteiger partial charge is 0.00426 e. The Hall–Kier alpha value is 0.193. The van der Waals surface area contributed by atoms with Crippen LogP contribution >= 0.6 is 12.6 Å². The zero-order chi connectivity index (χ0) is 5.98. The Morgan fingerprint density at radius 2 is 2.00 bits per heavy atom. The second-order valence-electron chi connectivity index (χ2n) is 1.84. The summed E-state index contributed by atoms with van der Waals surface area (Å²) in [5.41, 5.74) is 1.26. The molecule has 0 saturated heterocycles. The molecular formula is C7H8SZn. The Balaban J connectivity index is 0.000000640. The summed E-state index contributed by atoms with van der Waals surface area (Å²) < 4.78 is 0. The summed E-state index contributed by atoms with van der Waals surface area (Å²) in [7, 11) is 0.